The molecule has 0 bridgehead atoms. The number of rotatable bonds is 3. The number of nitrogens with zero attached hydrogens (tertiary/aromatic N) is 1. The van der Waals surface area contributed by atoms with E-state index in [1.54, 1.807) is 12.4 Å². The van der Waals surface area contributed by atoms with Crippen molar-refractivity contribution < 1.29 is 4.79 Å². The van der Waals surface area contributed by atoms with Crippen molar-refractivity contribution in [1.29, 1.82) is 0 Å². The van der Waals surface area contributed by atoms with E-state index in [0.29, 0.717) is 12.2 Å². The first-order valence-electron chi connectivity index (χ1n) is 4.02. The Morgan fingerprint density at radius 3 is 3.07 bits per heavy atom. The molecule has 3 nitrogen and oxygen atoms in total. The zero-order valence-corrected chi connectivity index (χ0v) is 9.56. The Kier molecular flexibility index (Phi) is 2.79. The van der Waals surface area contributed by atoms with Gasteiger partial charge in [-0.2, -0.15) is 0 Å². The number of halogens is 1. The van der Waals surface area contributed by atoms with Crippen LogP contribution >= 0.6 is 27.3 Å². The molecule has 0 aliphatic rings. The van der Waals surface area contributed by atoms with Crippen LogP contribution < -0.4 is 0 Å². The average molecular weight is 271 g/mol. The van der Waals surface area contributed by atoms with E-state index in [0.717, 1.165) is 9.35 Å². The summed E-state index contributed by atoms with van der Waals surface area (Å²) >= 11 is 4.77. The first kappa shape index (κ1) is 9.61. The number of ketones is 1. The van der Waals surface area contributed by atoms with Crippen molar-refractivity contribution in [2.45, 2.75) is 6.42 Å². The van der Waals surface area contributed by atoms with Gasteiger partial charge in [0.1, 0.15) is 5.82 Å². The number of aromatic nitrogens is 2. The van der Waals surface area contributed by atoms with Crippen LogP contribution in [0.25, 0.3) is 0 Å². The number of aromatic amines is 1. The Balaban J connectivity index is 2.14. The van der Waals surface area contributed by atoms with Gasteiger partial charge in [-0.15, -0.1) is 11.3 Å². The van der Waals surface area contributed by atoms with E-state index in [-0.39, 0.29) is 5.78 Å². The topological polar surface area (TPSA) is 45.8 Å². The third-order valence-corrected chi connectivity index (χ3v) is 3.63. The Labute approximate surface area is 93.3 Å². The molecule has 0 atom stereocenters. The Bertz CT molecular complexity index is 435. The van der Waals surface area contributed by atoms with Crippen LogP contribution in [0.5, 0.6) is 0 Å². The number of hydrogen-bond acceptors (Lipinski definition) is 3. The van der Waals surface area contributed by atoms with Gasteiger partial charge in [0.2, 0.25) is 0 Å². The first-order chi connectivity index (χ1) is 6.77. The lowest BCUT2D eigenvalue weighted by Crippen LogP contribution is -2.03. The second-order valence-electron chi connectivity index (χ2n) is 2.73. The Morgan fingerprint density at radius 2 is 2.50 bits per heavy atom. The number of carbonyl (C=O) groups excluding carboxylic acids is 1. The third kappa shape index (κ3) is 1.93. The van der Waals surface area contributed by atoms with Crippen LogP contribution in [0.1, 0.15) is 15.5 Å². The summed E-state index contributed by atoms with van der Waals surface area (Å²) < 4.78 is 0.860. The van der Waals surface area contributed by atoms with Crippen LogP contribution in [-0.2, 0) is 6.42 Å². The number of imidazole rings is 1. The predicted octanol–water partition coefficient (Wildman–Crippen LogP) is 2.66. The molecule has 0 aromatic carbocycles. The molecule has 0 aliphatic heterocycles. The highest BCUT2D eigenvalue weighted by molar-refractivity contribution is 9.10. The molecule has 2 rings (SSSR count). The minimum atomic E-state index is 0.0850. The normalized spacial score (nSPS) is 10.4. The van der Waals surface area contributed by atoms with Crippen molar-refractivity contribution in [2.75, 3.05) is 0 Å². The molecule has 0 unspecified atom stereocenters. The smallest absolute Gasteiger partial charge is 0.181 e. The van der Waals surface area contributed by atoms with E-state index in [2.05, 4.69) is 25.9 Å². The van der Waals surface area contributed by atoms with Gasteiger partial charge >= 0.3 is 0 Å². The molecule has 0 aliphatic carbocycles. The summed E-state index contributed by atoms with van der Waals surface area (Å²) in [6.45, 7) is 0. The molecule has 0 saturated heterocycles. The van der Waals surface area contributed by atoms with E-state index in [1.165, 1.54) is 11.3 Å². The second kappa shape index (κ2) is 4.06. The molecule has 0 radical (unpaired) electrons. The highest BCUT2D eigenvalue weighted by Crippen LogP contribution is 2.23. The number of thiophene rings is 1. The Hall–Kier alpha value is -0.940. The largest absolute Gasteiger partial charge is 0.348 e. The van der Waals surface area contributed by atoms with Crippen molar-refractivity contribution >= 4 is 33.0 Å². The van der Waals surface area contributed by atoms with Crippen LogP contribution in [0, 0.1) is 0 Å². The lowest BCUT2D eigenvalue weighted by atomic mass is 10.2. The van der Waals surface area contributed by atoms with Crippen molar-refractivity contribution in [3.63, 3.8) is 0 Å². The molecule has 0 amide bonds. The molecule has 72 valence electrons. The number of H-pyrrole nitrogens is 1. The van der Waals surface area contributed by atoms with E-state index in [9.17, 15) is 4.79 Å². The van der Waals surface area contributed by atoms with E-state index in [1.807, 2.05) is 11.4 Å². The van der Waals surface area contributed by atoms with Crippen LogP contribution in [-0.4, -0.2) is 15.8 Å². The van der Waals surface area contributed by atoms with Gasteiger partial charge in [-0.25, -0.2) is 4.98 Å². The molecule has 2 heterocycles. The number of Topliss-reactive ketones (excluding diaryl/α,β-unsaturated/α-hetero) is 1. The highest BCUT2D eigenvalue weighted by Gasteiger charge is 2.12. The van der Waals surface area contributed by atoms with Crippen LogP contribution in [0.3, 0.4) is 0 Å². The SMILES string of the molecule is O=C(Cc1ncc[nH]1)c1sccc1Br. The lowest BCUT2D eigenvalue weighted by Gasteiger charge is -1.95. The quantitative estimate of drug-likeness (QED) is 0.872. The molecule has 0 spiro atoms. The number of hydrogen-bond donors (Lipinski definition) is 1. The number of nitrogens with one attached hydrogen (secondary N) is 1. The molecule has 14 heavy (non-hydrogen) atoms. The van der Waals surface area contributed by atoms with Gasteiger partial charge in [0, 0.05) is 16.9 Å². The lowest BCUT2D eigenvalue weighted by molar-refractivity contribution is 0.0994. The summed E-state index contributed by atoms with van der Waals surface area (Å²) in [4.78, 5) is 19.4. The van der Waals surface area contributed by atoms with Crippen LogP contribution in [0.15, 0.2) is 28.3 Å². The summed E-state index contributed by atoms with van der Waals surface area (Å²) in [5.41, 5.74) is 0. The van der Waals surface area contributed by atoms with Gasteiger partial charge in [0.25, 0.3) is 0 Å². The minimum Gasteiger partial charge on any atom is -0.348 e. The van der Waals surface area contributed by atoms with Gasteiger partial charge in [0.15, 0.2) is 5.78 Å². The molecule has 0 saturated carbocycles. The molecule has 0 fully saturated rings. The van der Waals surface area contributed by atoms with Gasteiger partial charge < -0.3 is 4.98 Å². The Morgan fingerprint density at radius 1 is 1.64 bits per heavy atom. The summed E-state index contributed by atoms with van der Waals surface area (Å²) in [5, 5.41) is 1.89. The molecule has 5 heteroatoms. The van der Waals surface area contributed by atoms with Crippen LogP contribution in [0.4, 0.5) is 0 Å². The van der Waals surface area contributed by atoms with Gasteiger partial charge in [-0.1, -0.05) is 0 Å². The fraction of sp³-hybridized carbons (Fsp3) is 0.111. The zero-order valence-electron chi connectivity index (χ0n) is 7.16. The maximum atomic E-state index is 11.7. The van der Waals surface area contributed by atoms with E-state index < -0.39 is 0 Å². The zero-order chi connectivity index (χ0) is 9.97. The molecule has 2 aromatic rings. The maximum absolute atomic E-state index is 11.7. The number of carbonyl (C=O) groups is 1. The fourth-order valence-electron chi connectivity index (χ4n) is 1.12. The molecular weight excluding hydrogens is 264 g/mol. The fourth-order valence-corrected chi connectivity index (χ4v) is 2.65. The van der Waals surface area contributed by atoms with Crippen molar-refractivity contribution in [3.8, 4) is 0 Å². The molecule has 2 aromatic heterocycles. The molecule has 1 N–H and O–H groups in total. The summed E-state index contributed by atoms with van der Waals surface area (Å²) in [6.07, 6.45) is 3.68. The average Bonchev–Trinajstić information content (AvgIpc) is 2.75. The van der Waals surface area contributed by atoms with Crippen LogP contribution in [0.2, 0.25) is 0 Å². The first-order valence-corrected chi connectivity index (χ1v) is 5.69. The molecular formula is C9H7BrN2OS. The minimum absolute atomic E-state index is 0.0850. The summed E-state index contributed by atoms with van der Waals surface area (Å²) in [7, 11) is 0. The van der Waals surface area contributed by atoms with Crippen molar-refractivity contribution in [2.24, 2.45) is 0 Å². The maximum Gasteiger partial charge on any atom is 0.181 e. The third-order valence-electron chi connectivity index (χ3n) is 1.75. The van der Waals surface area contributed by atoms with Crippen molar-refractivity contribution in [1.82, 2.24) is 9.97 Å². The van der Waals surface area contributed by atoms with E-state index >= 15 is 0 Å². The highest BCUT2D eigenvalue weighted by atomic mass is 79.9. The van der Waals surface area contributed by atoms with Crippen molar-refractivity contribution in [3.05, 3.63) is 39.0 Å². The predicted molar refractivity (Wildman–Crippen MR) is 58.6 cm³/mol. The van der Waals surface area contributed by atoms with Gasteiger partial charge in [0.05, 0.1) is 11.3 Å². The summed E-state index contributed by atoms with van der Waals surface area (Å²) in [5.74, 6) is 0.789. The second-order valence-corrected chi connectivity index (χ2v) is 4.50. The van der Waals surface area contributed by atoms with E-state index in [4.69, 9.17) is 0 Å². The standard InChI is InChI=1S/C9H7BrN2OS/c10-6-1-4-14-9(6)7(13)5-8-11-2-3-12-8/h1-4H,5H2,(H,11,12). The van der Waals surface area contributed by atoms with Gasteiger partial charge in [-0.3, -0.25) is 4.79 Å². The summed E-state index contributed by atoms with van der Waals surface area (Å²) in [6, 6.07) is 1.88. The monoisotopic (exact) mass is 270 g/mol. The van der Waals surface area contributed by atoms with Gasteiger partial charge in [-0.05, 0) is 27.4 Å².